The molecule has 1 aromatic carbocycles. The largest absolute Gasteiger partial charge is 0.325 e. The van der Waals surface area contributed by atoms with Gasteiger partial charge in [-0.05, 0) is 50.1 Å². The molecule has 1 atom stereocenters. The van der Waals surface area contributed by atoms with Gasteiger partial charge in [0.05, 0.1) is 11.4 Å². The summed E-state index contributed by atoms with van der Waals surface area (Å²) < 4.78 is 22.4. The predicted octanol–water partition coefficient (Wildman–Crippen LogP) is 1.54. The lowest BCUT2D eigenvalue weighted by Crippen LogP contribution is -2.43. The Bertz CT molecular complexity index is 613. The Hall–Kier alpha value is -1.44. The minimum atomic E-state index is -3.70. The summed E-state index contributed by atoms with van der Waals surface area (Å²) in [6, 6.07) is 6.35. The molecule has 1 heterocycles. The van der Waals surface area contributed by atoms with Crippen LogP contribution in [0.15, 0.2) is 29.2 Å². The molecule has 0 spiro atoms. The van der Waals surface area contributed by atoms with Crippen molar-refractivity contribution in [3.05, 3.63) is 24.3 Å². The molecule has 0 aromatic heterocycles. The minimum absolute atomic E-state index is 0.0348. The van der Waals surface area contributed by atoms with E-state index in [0.29, 0.717) is 18.3 Å². The van der Waals surface area contributed by atoms with E-state index < -0.39 is 10.0 Å². The van der Waals surface area contributed by atoms with Gasteiger partial charge >= 0.3 is 0 Å². The number of primary sulfonamides is 1. The second-order valence-electron chi connectivity index (χ2n) is 5.65. The van der Waals surface area contributed by atoms with E-state index in [-0.39, 0.29) is 10.8 Å². The number of carbonyl (C=O) groups excluding carboxylic acids is 1. The molecule has 1 amide bonds. The molecule has 122 valence electrons. The van der Waals surface area contributed by atoms with Gasteiger partial charge < -0.3 is 5.32 Å². The van der Waals surface area contributed by atoms with Gasteiger partial charge in [0, 0.05) is 11.7 Å². The van der Waals surface area contributed by atoms with E-state index in [1.807, 2.05) is 0 Å². The van der Waals surface area contributed by atoms with E-state index in [4.69, 9.17) is 5.14 Å². The highest BCUT2D eigenvalue weighted by molar-refractivity contribution is 7.89. The number of nitrogens with one attached hydrogen (secondary N) is 1. The van der Waals surface area contributed by atoms with E-state index in [2.05, 4.69) is 17.1 Å². The van der Waals surface area contributed by atoms with Crippen LogP contribution in [-0.4, -0.2) is 38.4 Å². The third-order valence-electron chi connectivity index (χ3n) is 4.03. The van der Waals surface area contributed by atoms with Crippen LogP contribution in [0.25, 0.3) is 0 Å². The van der Waals surface area contributed by atoms with Gasteiger partial charge in [0.25, 0.3) is 0 Å². The Labute approximate surface area is 131 Å². The van der Waals surface area contributed by atoms with Gasteiger partial charge in [-0.1, -0.05) is 13.3 Å². The molecule has 0 saturated carbocycles. The number of benzene rings is 1. The Morgan fingerprint density at radius 3 is 2.59 bits per heavy atom. The number of likely N-dealkylation sites (tertiary alicyclic amines) is 1. The fourth-order valence-corrected chi connectivity index (χ4v) is 3.36. The zero-order chi connectivity index (χ0) is 16.2. The number of carbonyl (C=O) groups is 1. The van der Waals surface area contributed by atoms with Crippen LogP contribution in [0.1, 0.15) is 32.6 Å². The highest BCUT2D eigenvalue weighted by Gasteiger charge is 2.22. The fourth-order valence-electron chi connectivity index (χ4n) is 2.84. The minimum Gasteiger partial charge on any atom is -0.325 e. The first-order chi connectivity index (χ1) is 10.4. The van der Waals surface area contributed by atoms with Gasteiger partial charge in [0.15, 0.2) is 0 Å². The van der Waals surface area contributed by atoms with Crippen LogP contribution >= 0.6 is 0 Å². The monoisotopic (exact) mass is 325 g/mol. The molecule has 1 saturated heterocycles. The van der Waals surface area contributed by atoms with Crippen molar-refractivity contribution in [3.8, 4) is 0 Å². The SMILES string of the molecule is CC[C@H]1CCCCN1CC(=O)Nc1ccc(S(N)(=O)=O)cc1. The van der Waals surface area contributed by atoms with Gasteiger partial charge in [-0.25, -0.2) is 13.6 Å². The Kier molecular flexibility index (Phi) is 5.55. The number of hydrogen-bond donors (Lipinski definition) is 2. The van der Waals surface area contributed by atoms with Crippen molar-refractivity contribution in [3.63, 3.8) is 0 Å². The summed E-state index contributed by atoms with van der Waals surface area (Å²) in [5.74, 6) is -0.0799. The molecule has 2 rings (SSSR count). The Morgan fingerprint density at radius 1 is 1.32 bits per heavy atom. The molecule has 0 unspecified atom stereocenters. The number of anilines is 1. The van der Waals surface area contributed by atoms with Crippen LogP contribution in [0.2, 0.25) is 0 Å². The molecule has 1 aliphatic rings. The topological polar surface area (TPSA) is 92.5 Å². The predicted molar refractivity (Wildman–Crippen MR) is 85.9 cm³/mol. The first-order valence-corrected chi connectivity index (χ1v) is 9.11. The van der Waals surface area contributed by atoms with Crippen molar-refractivity contribution in [2.24, 2.45) is 5.14 Å². The summed E-state index contributed by atoms with van der Waals surface area (Å²) in [5, 5.41) is 7.84. The average molecular weight is 325 g/mol. The highest BCUT2D eigenvalue weighted by Crippen LogP contribution is 2.19. The Balaban J connectivity index is 1.94. The summed E-state index contributed by atoms with van der Waals surface area (Å²) >= 11 is 0. The third-order valence-corrected chi connectivity index (χ3v) is 4.96. The van der Waals surface area contributed by atoms with E-state index in [0.717, 1.165) is 25.8 Å². The maximum absolute atomic E-state index is 12.1. The van der Waals surface area contributed by atoms with Crippen molar-refractivity contribution >= 4 is 21.6 Å². The molecule has 0 bridgehead atoms. The average Bonchev–Trinajstić information content (AvgIpc) is 2.47. The molecule has 0 radical (unpaired) electrons. The van der Waals surface area contributed by atoms with Crippen LogP contribution in [-0.2, 0) is 14.8 Å². The van der Waals surface area contributed by atoms with Gasteiger partial charge in [-0.15, -0.1) is 0 Å². The van der Waals surface area contributed by atoms with Crippen molar-refractivity contribution in [1.82, 2.24) is 4.90 Å². The van der Waals surface area contributed by atoms with Crippen LogP contribution in [0.5, 0.6) is 0 Å². The molecule has 3 N–H and O–H groups in total. The smallest absolute Gasteiger partial charge is 0.238 e. The molecule has 1 aromatic rings. The van der Waals surface area contributed by atoms with Crippen molar-refractivity contribution in [2.45, 2.75) is 43.5 Å². The van der Waals surface area contributed by atoms with Gasteiger partial charge in [0.1, 0.15) is 0 Å². The second-order valence-corrected chi connectivity index (χ2v) is 7.21. The lowest BCUT2D eigenvalue weighted by atomic mass is 10.0. The number of nitrogens with two attached hydrogens (primary N) is 1. The zero-order valence-corrected chi connectivity index (χ0v) is 13.6. The van der Waals surface area contributed by atoms with E-state index >= 15 is 0 Å². The van der Waals surface area contributed by atoms with Gasteiger partial charge in [0.2, 0.25) is 15.9 Å². The van der Waals surface area contributed by atoms with Crippen LogP contribution in [0.3, 0.4) is 0 Å². The molecule has 1 aliphatic heterocycles. The number of piperidine rings is 1. The van der Waals surface area contributed by atoms with Crippen LogP contribution in [0, 0.1) is 0 Å². The number of sulfonamides is 1. The molecule has 7 heteroatoms. The number of rotatable bonds is 5. The number of amides is 1. The molecule has 0 aliphatic carbocycles. The summed E-state index contributed by atoms with van der Waals surface area (Å²) in [5.41, 5.74) is 0.572. The second kappa shape index (κ2) is 7.21. The lowest BCUT2D eigenvalue weighted by Gasteiger charge is -2.34. The van der Waals surface area contributed by atoms with E-state index in [1.165, 1.54) is 18.6 Å². The van der Waals surface area contributed by atoms with Crippen molar-refractivity contribution in [1.29, 1.82) is 0 Å². The quantitative estimate of drug-likeness (QED) is 0.859. The first-order valence-electron chi connectivity index (χ1n) is 7.57. The Morgan fingerprint density at radius 2 is 2.00 bits per heavy atom. The molecule has 1 fully saturated rings. The van der Waals surface area contributed by atoms with Crippen LogP contribution in [0.4, 0.5) is 5.69 Å². The zero-order valence-electron chi connectivity index (χ0n) is 12.8. The number of nitrogens with zero attached hydrogens (tertiary/aromatic N) is 1. The molecular weight excluding hydrogens is 302 g/mol. The molecule has 22 heavy (non-hydrogen) atoms. The van der Waals surface area contributed by atoms with Gasteiger partial charge in [-0.3, -0.25) is 9.69 Å². The third kappa shape index (κ3) is 4.53. The summed E-state index contributed by atoms with van der Waals surface area (Å²) in [7, 11) is -3.70. The molecule has 6 nitrogen and oxygen atoms in total. The summed E-state index contributed by atoms with van der Waals surface area (Å²) in [6.45, 7) is 3.47. The van der Waals surface area contributed by atoms with Crippen molar-refractivity contribution in [2.75, 3.05) is 18.4 Å². The summed E-state index contributed by atoms with van der Waals surface area (Å²) in [6.07, 6.45) is 4.56. The fraction of sp³-hybridized carbons (Fsp3) is 0.533. The highest BCUT2D eigenvalue weighted by atomic mass is 32.2. The van der Waals surface area contributed by atoms with Gasteiger partial charge in [-0.2, -0.15) is 0 Å². The van der Waals surface area contributed by atoms with E-state index in [1.54, 1.807) is 12.1 Å². The maximum Gasteiger partial charge on any atom is 0.238 e. The standard InChI is InChI=1S/C15H23N3O3S/c1-2-13-5-3-4-10-18(13)11-15(19)17-12-6-8-14(9-7-12)22(16,20)21/h6-9,13H,2-5,10-11H2,1H3,(H,17,19)(H2,16,20,21)/t13-/m0/s1. The van der Waals surface area contributed by atoms with E-state index in [9.17, 15) is 13.2 Å². The van der Waals surface area contributed by atoms with Crippen molar-refractivity contribution < 1.29 is 13.2 Å². The maximum atomic E-state index is 12.1. The van der Waals surface area contributed by atoms with Crippen LogP contribution < -0.4 is 10.5 Å². The molecular formula is C15H23N3O3S. The summed E-state index contributed by atoms with van der Waals surface area (Å²) in [4.78, 5) is 14.4. The number of hydrogen-bond acceptors (Lipinski definition) is 4. The lowest BCUT2D eigenvalue weighted by molar-refractivity contribution is -0.118. The first kappa shape index (κ1) is 16.9. The normalized spacial score (nSPS) is 19.8.